The smallest absolute Gasteiger partial charge is 0.326 e. The largest absolute Gasteiger partial charge is 0.507 e. The van der Waals surface area contributed by atoms with Crippen LogP contribution in [0.2, 0.25) is 0 Å². The van der Waals surface area contributed by atoms with Crippen LogP contribution >= 0.6 is 0 Å². The van der Waals surface area contributed by atoms with E-state index >= 15 is 0 Å². The number of carbonyl (C=O) groups is 3. The molecule has 3 atom stereocenters. The fourth-order valence-electron chi connectivity index (χ4n) is 5.04. The number of cyclic esters (lactones) is 1. The number of hydrogen-bond acceptors (Lipinski definition) is 7. The molecule has 1 aromatic heterocycles. The Morgan fingerprint density at radius 2 is 1.92 bits per heavy atom. The van der Waals surface area contributed by atoms with Crippen molar-refractivity contribution >= 4 is 28.6 Å². The summed E-state index contributed by atoms with van der Waals surface area (Å²) in [5.41, 5.74) is 0.347. The number of benzene rings is 1. The third kappa shape index (κ3) is 5.55. The van der Waals surface area contributed by atoms with Gasteiger partial charge in [-0.25, -0.2) is 9.78 Å². The van der Waals surface area contributed by atoms with Crippen molar-refractivity contribution in [2.24, 2.45) is 11.3 Å². The Labute approximate surface area is 210 Å². The maximum absolute atomic E-state index is 13.6. The SMILES string of the molecule is CC(C)(C)[C@@H]1CC(=O)OCCCCCc2cc(O)c3ccnc(c3c2)O[C@@H]2C[C@@H](C(=O)O)N(C2)C1=O. The molecule has 2 N–H and O–H groups in total. The lowest BCUT2D eigenvalue weighted by Crippen LogP contribution is -2.47. The molecule has 0 spiro atoms. The summed E-state index contributed by atoms with van der Waals surface area (Å²) in [5.74, 6) is -2.30. The Morgan fingerprint density at radius 3 is 2.64 bits per heavy atom. The Kier molecular flexibility index (Phi) is 7.38. The topological polar surface area (TPSA) is 126 Å². The lowest BCUT2D eigenvalue weighted by molar-refractivity contribution is -0.155. The van der Waals surface area contributed by atoms with Crippen LogP contribution in [0, 0.1) is 11.3 Å². The number of amides is 1. The fraction of sp³-hybridized carbons (Fsp3) is 0.556. The predicted octanol–water partition coefficient (Wildman–Crippen LogP) is 3.70. The van der Waals surface area contributed by atoms with Gasteiger partial charge in [0.2, 0.25) is 11.8 Å². The molecule has 2 aromatic rings. The van der Waals surface area contributed by atoms with E-state index in [0.717, 1.165) is 24.8 Å². The first-order chi connectivity index (χ1) is 17.0. The van der Waals surface area contributed by atoms with E-state index in [4.69, 9.17) is 9.47 Å². The highest BCUT2D eigenvalue weighted by Crippen LogP contribution is 2.36. The number of rotatable bonds is 1. The highest BCUT2D eigenvalue weighted by atomic mass is 16.5. The Balaban J connectivity index is 1.71. The molecule has 194 valence electrons. The Hall–Kier alpha value is -3.36. The molecular weight excluding hydrogens is 464 g/mol. The van der Waals surface area contributed by atoms with Gasteiger partial charge in [0.15, 0.2) is 0 Å². The zero-order valence-electron chi connectivity index (χ0n) is 21.0. The normalized spacial score (nSPS) is 24.2. The molecule has 4 rings (SSSR count). The standard InChI is InChI=1S/C27H34N2O7/c1-27(2,3)20-14-23(31)35-10-6-4-5-7-16-11-19-18(22(30)12-16)8-9-28-24(19)36-17-13-21(26(33)34)29(15-17)25(20)32/h8-9,11-12,17,20-21,30H,4-7,10,13-15H2,1-3H3,(H,33,34)/t17-,20-,21+/m1/s1. The summed E-state index contributed by atoms with van der Waals surface area (Å²) in [4.78, 5) is 44.0. The van der Waals surface area contributed by atoms with Gasteiger partial charge in [-0.05, 0) is 54.9 Å². The molecule has 1 aromatic carbocycles. The van der Waals surface area contributed by atoms with Crippen LogP contribution in [0.1, 0.15) is 58.4 Å². The van der Waals surface area contributed by atoms with E-state index in [0.29, 0.717) is 23.1 Å². The van der Waals surface area contributed by atoms with Gasteiger partial charge in [0, 0.05) is 23.4 Å². The van der Waals surface area contributed by atoms with E-state index in [9.17, 15) is 24.6 Å². The van der Waals surface area contributed by atoms with Crippen LogP contribution in [0.4, 0.5) is 0 Å². The van der Waals surface area contributed by atoms with Gasteiger partial charge >= 0.3 is 11.9 Å². The van der Waals surface area contributed by atoms with Gasteiger partial charge in [-0.2, -0.15) is 0 Å². The van der Waals surface area contributed by atoms with Crippen molar-refractivity contribution in [3.05, 3.63) is 30.0 Å². The minimum atomic E-state index is -1.12. The maximum atomic E-state index is 13.6. The number of carboxylic acid groups (broad SMARTS) is 1. The monoisotopic (exact) mass is 498 g/mol. The number of phenolic OH excluding ortho intramolecular Hbond substituents is 1. The quantitative estimate of drug-likeness (QED) is 0.570. The Bertz CT molecular complexity index is 1160. The number of esters is 1. The molecule has 1 amide bonds. The van der Waals surface area contributed by atoms with E-state index in [1.54, 1.807) is 12.1 Å². The van der Waals surface area contributed by atoms with Crippen molar-refractivity contribution in [2.45, 2.75) is 71.4 Å². The van der Waals surface area contributed by atoms with Crippen LogP contribution in [0.3, 0.4) is 0 Å². The number of carbonyl (C=O) groups excluding carboxylic acids is 2. The molecule has 1 saturated heterocycles. The van der Waals surface area contributed by atoms with Crippen molar-refractivity contribution in [1.29, 1.82) is 0 Å². The van der Waals surface area contributed by atoms with Gasteiger partial charge in [-0.1, -0.05) is 20.8 Å². The van der Waals surface area contributed by atoms with Crippen LogP contribution in [0.15, 0.2) is 24.4 Å². The second-order valence-electron chi connectivity index (χ2n) is 10.8. The zero-order valence-corrected chi connectivity index (χ0v) is 21.0. The van der Waals surface area contributed by atoms with Crippen LogP contribution < -0.4 is 4.74 Å². The zero-order chi connectivity index (χ0) is 26.0. The summed E-state index contributed by atoms with van der Waals surface area (Å²) >= 11 is 0. The molecule has 2 aliphatic rings. The van der Waals surface area contributed by atoms with Crippen molar-refractivity contribution < 1.29 is 34.1 Å². The van der Waals surface area contributed by atoms with Gasteiger partial charge in [0.1, 0.15) is 17.9 Å². The van der Waals surface area contributed by atoms with Crippen LogP contribution in [-0.4, -0.2) is 63.2 Å². The number of aromatic nitrogens is 1. The minimum Gasteiger partial charge on any atom is -0.507 e. The second kappa shape index (κ2) is 10.3. The number of pyridine rings is 1. The van der Waals surface area contributed by atoms with E-state index in [1.807, 2.05) is 26.8 Å². The predicted molar refractivity (Wildman–Crippen MR) is 132 cm³/mol. The van der Waals surface area contributed by atoms with Gasteiger partial charge in [0.25, 0.3) is 0 Å². The average molecular weight is 499 g/mol. The molecule has 2 aliphatic heterocycles. The molecule has 36 heavy (non-hydrogen) atoms. The lowest BCUT2D eigenvalue weighted by atomic mass is 9.77. The number of aryl methyl sites for hydroxylation is 1. The summed E-state index contributed by atoms with van der Waals surface area (Å²) in [6, 6.07) is 4.29. The molecule has 0 aliphatic carbocycles. The van der Waals surface area contributed by atoms with Gasteiger partial charge < -0.3 is 24.6 Å². The van der Waals surface area contributed by atoms with Crippen LogP contribution in [0.5, 0.6) is 11.6 Å². The molecule has 1 fully saturated rings. The minimum absolute atomic E-state index is 0.0567. The first-order valence-electron chi connectivity index (χ1n) is 12.5. The summed E-state index contributed by atoms with van der Waals surface area (Å²) in [6.07, 6.45) is 4.00. The van der Waals surface area contributed by atoms with Crippen LogP contribution in [0.25, 0.3) is 10.8 Å². The molecule has 9 nitrogen and oxygen atoms in total. The number of hydrogen-bond donors (Lipinski definition) is 2. The number of ether oxygens (including phenoxy) is 2. The number of aromatic hydroxyl groups is 1. The van der Waals surface area contributed by atoms with E-state index < -0.39 is 41.3 Å². The first kappa shape index (κ1) is 25.7. The summed E-state index contributed by atoms with van der Waals surface area (Å²) < 4.78 is 11.6. The fourth-order valence-corrected chi connectivity index (χ4v) is 5.04. The lowest BCUT2D eigenvalue weighted by Gasteiger charge is -2.33. The van der Waals surface area contributed by atoms with E-state index in [1.165, 1.54) is 11.1 Å². The van der Waals surface area contributed by atoms with Crippen molar-refractivity contribution in [3.63, 3.8) is 0 Å². The number of aliphatic carboxylic acids is 1. The molecule has 0 saturated carbocycles. The maximum Gasteiger partial charge on any atom is 0.326 e. The molecule has 0 radical (unpaired) electrons. The van der Waals surface area contributed by atoms with Gasteiger partial charge in [-0.15, -0.1) is 0 Å². The van der Waals surface area contributed by atoms with Gasteiger partial charge in [-0.3, -0.25) is 9.59 Å². The van der Waals surface area contributed by atoms with Crippen molar-refractivity contribution in [1.82, 2.24) is 9.88 Å². The Morgan fingerprint density at radius 1 is 1.14 bits per heavy atom. The van der Waals surface area contributed by atoms with E-state index in [2.05, 4.69) is 4.98 Å². The van der Waals surface area contributed by atoms with Crippen molar-refractivity contribution in [3.8, 4) is 11.6 Å². The number of carboxylic acids is 1. The van der Waals surface area contributed by atoms with Gasteiger partial charge in [0.05, 0.1) is 25.5 Å². The highest BCUT2D eigenvalue weighted by molar-refractivity contribution is 5.92. The molecule has 4 bridgehead atoms. The second-order valence-corrected chi connectivity index (χ2v) is 10.8. The average Bonchev–Trinajstić information content (AvgIpc) is 3.23. The summed E-state index contributed by atoms with van der Waals surface area (Å²) in [7, 11) is 0. The summed E-state index contributed by atoms with van der Waals surface area (Å²) in [5, 5.41) is 21.7. The summed E-state index contributed by atoms with van der Waals surface area (Å²) in [6.45, 7) is 5.90. The molecular formula is C27H34N2O7. The third-order valence-electron chi connectivity index (χ3n) is 7.08. The molecule has 3 heterocycles. The third-order valence-corrected chi connectivity index (χ3v) is 7.08. The number of nitrogens with zero attached hydrogens (tertiary/aromatic N) is 2. The van der Waals surface area contributed by atoms with Crippen molar-refractivity contribution in [2.75, 3.05) is 13.2 Å². The first-order valence-corrected chi connectivity index (χ1v) is 12.5. The molecule has 0 unspecified atom stereocenters. The number of fused-ring (bicyclic) bond motifs is 3. The van der Waals surface area contributed by atoms with E-state index in [-0.39, 0.29) is 31.7 Å². The highest BCUT2D eigenvalue weighted by Gasteiger charge is 2.46. The number of phenols is 1. The molecule has 9 heteroatoms. The van der Waals surface area contributed by atoms with Crippen LogP contribution in [-0.2, 0) is 25.5 Å².